The number of hydrogen-bond donors (Lipinski definition) is 1. The first-order chi connectivity index (χ1) is 11.1. The van der Waals surface area contributed by atoms with Gasteiger partial charge in [0.1, 0.15) is 0 Å². The molecule has 2 aromatic rings. The van der Waals surface area contributed by atoms with Gasteiger partial charge in [-0.25, -0.2) is 13.6 Å². The zero-order valence-electron chi connectivity index (χ0n) is 14.4. The molecule has 0 aliphatic rings. The Labute approximate surface area is 174 Å². The summed E-state index contributed by atoms with van der Waals surface area (Å²) in [5, 5.41) is 4.91. The van der Waals surface area contributed by atoms with Gasteiger partial charge in [0.05, 0.1) is 5.91 Å². The van der Waals surface area contributed by atoms with E-state index in [1.165, 1.54) is 6.07 Å². The van der Waals surface area contributed by atoms with Crippen LogP contribution in [-0.4, -0.2) is 14.3 Å². The first-order valence-corrected chi connectivity index (χ1v) is 8.67. The van der Waals surface area contributed by atoms with Crippen molar-refractivity contribution in [2.75, 3.05) is 0 Å². The van der Waals surface area contributed by atoms with E-state index in [2.05, 4.69) is 6.07 Å². The quantitative estimate of drug-likeness (QED) is 0.592. The summed E-state index contributed by atoms with van der Waals surface area (Å²) in [5.74, 6) is -0.610. The molecule has 7 heteroatoms. The van der Waals surface area contributed by atoms with Crippen LogP contribution in [0.1, 0.15) is 25.0 Å². The summed E-state index contributed by atoms with van der Waals surface area (Å²) in [6, 6.07) is 16.9. The van der Waals surface area contributed by atoms with Gasteiger partial charge >= 0.3 is 0 Å². The van der Waals surface area contributed by atoms with Crippen LogP contribution >= 0.6 is 0 Å². The Morgan fingerprint density at radius 1 is 1.12 bits per heavy atom. The van der Waals surface area contributed by atoms with Crippen molar-refractivity contribution in [3.8, 4) is 0 Å². The Balaban J connectivity index is 0.000000449. The van der Waals surface area contributed by atoms with Gasteiger partial charge in [-0.3, -0.25) is 0 Å². The van der Waals surface area contributed by atoms with E-state index in [9.17, 15) is 13.2 Å². The predicted molar refractivity (Wildman–Crippen MR) is 95.4 cm³/mol. The number of hydrogen-bond acceptors (Lipinski definition) is 3. The maximum Gasteiger partial charge on any atom is 0.191 e. The maximum atomic E-state index is 10.8. The van der Waals surface area contributed by atoms with E-state index >= 15 is 0 Å². The fourth-order valence-corrected chi connectivity index (χ4v) is 2.62. The fraction of sp³-hybridized carbons (Fsp3) is 0.167. The molecule has 0 saturated heterocycles. The number of allylic oxidation sites excluding steroid dienone is 1. The van der Waals surface area contributed by atoms with Crippen molar-refractivity contribution in [2.24, 2.45) is 5.14 Å². The van der Waals surface area contributed by atoms with E-state index < -0.39 is 15.9 Å². The molecule has 1 radical (unpaired) electrons. The molecule has 0 spiro atoms. The zero-order valence-corrected chi connectivity index (χ0v) is 18.1. The van der Waals surface area contributed by atoms with Gasteiger partial charge in [0.2, 0.25) is 0 Å². The molecule has 2 aromatic carbocycles. The number of aryl methyl sites for hydroxylation is 1. The predicted octanol–water partition coefficient (Wildman–Crippen LogP) is 3.50. The van der Waals surface area contributed by atoms with Gasteiger partial charge in [-0.1, -0.05) is 37.3 Å². The third-order valence-electron chi connectivity index (χ3n) is 3.45. The molecule has 2 rings (SSSR count). The maximum absolute atomic E-state index is 10.8. The molecule has 0 aliphatic heterocycles. The minimum atomic E-state index is -3.56. The average Bonchev–Trinajstić information content (AvgIpc) is 2.54. The third-order valence-corrected chi connectivity index (χ3v) is 4.50. The summed E-state index contributed by atoms with van der Waals surface area (Å²) >= 11 is 0. The third kappa shape index (κ3) is 7.61. The van der Waals surface area contributed by atoms with Crippen molar-refractivity contribution >= 4 is 21.5 Å². The molecule has 25 heavy (non-hydrogen) atoms. The second-order valence-electron chi connectivity index (χ2n) is 5.18. The number of carbonyl (C=O) groups excluding carboxylic acids is 1. The number of rotatable bonds is 3. The van der Waals surface area contributed by atoms with Crippen LogP contribution in [0.5, 0.6) is 0 Å². The molecule has 0 bridgehead atoms. The summed E-state index contributed by atoms with van der Waals surface area (Å²) in [6.07, 6.45) is 0. The first kappa shape index (κ1) is 23.7. The van der Waals surface area contributed by atoms with Crippen molar-refractivity contribution in [3.05, 3.63) is 77.0 Å². The molecular formula is C18H20N2O3SY-2. The van der Waals surface area contributed by atoms with Crippen LogP contribution in [0.3, 0.4) is 0 Å². The van der Waals surface area contributed by atoms with Crippen molar-refractivity contribution < 1.29 is 45.9 Å². The molecular weight excluding hydrogens is 413 g/mol. The molecule has 0 heterocycles. The summed E-state index contributed by atoms with van der Waals surface area (Å²) in [4.78, 5) is 10.9. The largest absolute Gasteiger partial charge is 0.664 e. The van der Waals surface area contributed by atoms with Gasteiger partial charge in [0.25, 0.3) is 0 Å². The molecule has 0 aliphatic carbocycles. The number of sulfonamides is 1. The molecule has 0 atom stereocenters. The molecule has 0 fully saturated rings. The van der Waals surface area contributed by atoms with Crippen molar-refractivity contribution in [3.63, 3.8) is 0 Å². The smallest absolute Gasteiger partial charge is 0.191 e. The Morgan fingerprint density at radius 3 is 2.08 bits per heavy atom. The van der Waals surface area contributed by atoms with E-state index in [0.717, 1.165) is 11.1 Å². The van der Waals surface area contributed by atoms with Crippen LogP contribution in [0.4, 0.5) is 0 Å². The van der Waals surface area contributed by atoms with E-state index in [1.807, 2.05) is 37.3 Å². The van der Waals surface area contributed by atoms with E-state index in [1.54, 1.807) is 26.0 Å². The Hall–Kier alpha value is -1.34. The summed E-state index contributed by atoms with van der Waals surface area (Å²) < 4.78 is 21.6. The number of carbonyl (C=O) groups is 1. The summed E-state index contributed by atoms with van der Waals surface area (Å²) in [5.41, 5.74) is 9.99. The number of nitrogens with two attached hydrogens (primary N) is 1. The fourth-order valence-electron chi connectivity index (χ4n) is 1.87. The second-order valence-corrected chi connectivity index (χ2v) is 6.71. The average molecular weight is 433 g/mol. The molecule has 3 N–H and O–H groups in total. The molecule has 131 valence electrons. The Bertz CT molecular complexity index is 848. The number of nitrogens with one attached hydrogen (secondary N) is 1. The summed E-state index contributed by atoms with van der Waals surface area (Å²) in [6.45, 7) is 5.22. The van der Waals surface area contributed by atoms with Crippen molar-refractivity contribution in [1.82, 2.24) is 0 Å². The molecule has 0 aromatic heterocycles. The standard InChI is InChI=1S/C11H13NO.C7H8NO2S.Y/c1-8(9(2)11(12)13)10-6-4-3-5-7-10;1-6-4-2-3-5-7(6)11(8,9)10;/h3-7H,1-2H3,(H2,12,13);2,4-5H,1H3,(H2,8,9,10);/q;-1;/p-1/b9-8+;;. The van der Waals surface area contributed by atoms with Crippen LogP contribution in [0.2, 0.25) is 0 Å². The number of primary sulfonamides is 1. The molecule has 1 amide bonds. The second kappa shape index (κ2) is 10.6. The van der Waals surface area contributed by atoms with Crippen LogP contribution in [0.15, 0.2) is 59.0 Å². The Kier molecular flexibility index (Phi) is 10.0. The molecule has 5 nitrogen and oxygen atoms in total. The topological polar surface area (TPSA) is 101 Å². The monoisotopic (exact) mass is 433 g/mol. The van der Waals surface area contributed by atoms with Gasteiger partial charge in [0, 0.05) is 32.7 Å². The normalized spacial score (nSPS) is 11.4. The number of amides is 1. The van der Waals surface area contributed by atoms with Gasteiger partial charge in [-0.2, -0.15) is 24.3 Å². The van der Waals surface area contributed by atoms with Gasteiger partial charge in [-0.15, -0.1) is 5.56 Å². The van der Waals surface area contributed by atoms with Crippen LogP contribution in [0, 0.1) is 13.0 Å². The van der Waals surface area contributed by atoms with Crippen LogP contribution in [0.25, 0.3) is 11.3 Å². The minimum Gasteiger partial charge on any atom is -0.664 e. The van der Waals surface area contributed by atoms with E-state index in [4.69, 9.17) is 10.9 Å². The van der Waals surface area contributed by atoms with Crippen LogP contribution in [-0.2, 0) is 47.5 Å². The van der Waals surface area contributed by atoms with E-state index in [0.29, 0.717) is 11.1 Å². The van der Waals surface area contributed by atoms with Crippen molar-refractivity contribution in [1.29, 1.82) is 0 Å². The van der Waals surface area contributed by atoms with Gasteiger partial charge in [-0.05, 0) is 35.5 Å². The number of benzene rings is 2. The zero-order chi connectivity index (χ0) is 18.3. The SMILES string of the molecule is C/C(C([NH-])=O)=C(/C)c1ccccc1.Cc1cc[c-]cc1S(N)(=O)=O.[Y]. The van der Waals surface area contributed by atoms with Crippen molar-refractivity contribution in [2.45, 2.75) is 25.7 Å². The molecule has 0 saturated carbocycles. The Morgan fingerprint density at radius 2 is 1.68 bits per heavy atom. The van der Waals surface area contributed by atoms with Crippen LogP contribution < -0.4 is 5.14 Å². The van der Waals surface area contributed by atoms with Gasteiger partial charge in [0.15, 0.2) is 10.0 Å². The summed E-state index contributed by atoms with van der Waals surface area (Å²) in [7, 11) is -3.56. The van der Waals surface area contributed by atoms with E-state index in [-0.39, 0.29) is 37.6 Å². The molecule has 0 unspecified atom stereocenters. The minimum absolute atomic E-state index is 0. The van der Waals surface area contributed by atoms with Gasteiger partial charge < -0.3 is 10.5 Å². The first-order valence-electron chi connectivity index (χ1n) is 7.13.